The zero-order valence-corrected chi connectivity index (χ0v) is 11.4. The van der Waals surface area contributed by atoms with Crippen LogP contribution < -0.4 is 10.5 Å². The predicted octanol–water partition coefficient (Wildman–Crippen LogP) is 2.82. The first-order valence-electron chi connectivity index (χ1n) is 5.18. The van der Waals surface area contributed by atoms with Gasteiger partial charge in [0.2, 0.25) is 0 Å². The van der Waals surface area contributed by atoms with Crippen molar-refractivity contribution in [2.75, 3.05) is 12.3 Å². The van der Waals surface area contributed by atoms with Gasteiger partial charge in [0.05, 0.1) is 33.6 Å². The highest BCUT2D eigenvalue weighted by Gasteiger charge is 2.08. The molecule has 1 aromatic carbocycles. The van der Waals surface area contributed by atoms with Crippen LogP contribution in [0.2, 0.25) is 0 Å². The van der Waals surface area contributed by atoms with Gasteiger partial charge in [-0.3, -0.25) is 0 Å². The molecule has 0 saturated carbocycles. The van der Waals surface area contributed by atoms with Gasteiger partial charge in [-0.1, -0.05) is 0 Å². The van der Waals surface area contributed by atoms with E-state index in [-0.39, 0.29) is 0 Å². The molecule has 0 aliphatic heterocycles. The molecule has 0 radical (unpaired) electrons. The van der Waals surface area contributed by atoms with Crippen LogP contribution >= 0.6 is 22.6 Å². The molecule has 1 rings (SSSR count). The molecule has 4 nitrogen and oxygen atoms in total. The van der Waals surface area contributed by atoms with E-state index in [0.717, 1.165) is 16.4 Å². The number of nitrogen functional groups attached to an aromatic ring is 1. The number of halogens is 1. The van der Waals surface area contributed by atoms with Gasteiger partial charge >= 0.3 is 0 Å². The minimum atomic E-state index is 0.480. The molecule has 17 heavy (non-hydrogen) atoms. The lowest BCUT2D eigenvalue weighted by atomic mass is 10.2. The van der Waals surface area contributed by atoms with Crippen molar-refractivity contribution in [3.63, 3.8) is 0 Å². The number of benzene rings is 1. The normalized spacial score (nSPS) is 9.35. The molecule has 2 N–H and O–H groups in total. The highest BCUT2D eigenvalue weighted by molar-refractivity contribution is 14.1. The summed E-state index contributed by atoms with van der Waals surface area (Å²) < 4.78 is 6.40. The Bertz CT molecular complexity index is 451. The Hall–Kier alpha value is -1.47. The summed E-state index contributed by atoms with van der Waals surface area (Å²) in [6.07, 6.45) is 2.19. The fourth-order valence-corrected chi connectivity index (χ4v) is 2.11. The SMILES string of the molecule is N#CCCCCOc1c(N)cc(C#N)cc1I. The fourth-order valence-electron chi connectivity index (χ4n) is 1.31. The molecule has 0 heterocycles. The number of hydrogen-bond acceptors (Lipinski definition) is 4. The summed E-state index contributed by atoms with van der Waals surface area (Å²) >= 11 is 2.09. The molecular formula is C12H12IN3O. The van der Waals surface area contributed by atoms with Gasteiger partial charge in [-0.15, -0.1) is 0 Å². The Morgan fingerprint density at radius 1 is 1.29 bits per heavy atom. The van der Waals surface area contributed by atoms with Crippen molar-refractivity contribution in [2.24, 2.45) is 0 Å². The molecule has 0 unspecified atom stereocenters. The number of unbranched alkanes of at least 4 members (excludes halogenated alkanes) is 2. The number of hydrogen-bond donors (Lipinski definition) is 1. The van der Waals surface area contributed by atoms with E-state index in [1.54, 1.807) is 12.1 Å². The smallest absolute Gasteiger partial charge is 0.155 e. The standard InChI is InChI=1S/C12H12IN3O/c13-10-6-9(8-15)7-11(16)12(10)17-5-3-1-2-4-14/h6-7H,1-3,5,16H2. The summed E-state index contributed by atoms with van der Waals surface area (Å²) in [4.78, 5) is 0. The largest absolute Gasteiger partial charge is 0.490 e. The molecule has 5 heteroatoms. The number of ether oxygens (including phenoxy) is 1. The summed E-state index contributed by atoms with van der Waals surface area (Å²) in [5.41, 5.74) is 6.82. The van der Waals surface area contributed by atoms with Gasteiger partial charge in [0.25, 0.3) is 0 Å². The van der Waals surface area contributed by atoms with Gasteiger partial charge in [-0.2, -0.15) is 10.5 Å². The summed E-state index contributed by atoms with van der Waals surface area (Å²) in [5, 5.41) is 17.2. The second-order valence-electron chi connectivity index (χ2n) is 3.45. The third-order valence-electron chi connectivity index (χ3n) is 2.13. The van der Waals surface area contributed by atoms with Crippen LogP contribution in [-0.2, 0) is 0 Å². The summed E-state index contributed by atoms with van der Waals surface area (Å²) in [7, 11) is 0. The zero-order chi connectivity index (χ0) is 12.7. The quantitative estimate of drug-likeness (QED) is 0.507. The van der Waals surface area contributed by atoms with E-state index in [4.69, 9.17) is 21.0 Å². The van der Waals surface area contributed by atoms with E-state index >= 15 is 0 Å². The summed E-state index contributed by atoms with van der Waals surface area (Å²) in [6, 6.07) is 7.47. The van der Waals surface area contributed by atoms with Crippen LogP contribution in [0.25, 0.3) is 0 Å². The maximum absolute atomic E-state index is 8.77. The molecule has 0 aromatic heterocycles. The molecule has 0 aliphatic rings. The van der Waals surface area contributed by atoms with Crippen LogP contribution in [0.4, 0.5) is 5.69 Å². The highest BCUT2D eigenvalue weighted by atomic mass is 127. The van der Waals surface area contributed by atoms with Crippen LogP contribution in [0, 0.1) is 26.2 Å². The van der Waals surface area contributed by atoms with Crippen molar-refractivity contribution in [1.29, 1.82) is 10.5 Å². The number of anilines is 1. The second kappa shape index (κ2) is 6.97. The Morgan fingerprint density at radius 3 is 2.65 bits per heavy atom. The molecule has 0 bridgehead atoms. The molecule has 0 atom stereocenters. The van der Waals surface area contributed by atoms with Crippen LogP contribution in [0.1, 0.15) is 24.8 Å². The first kappa shape index (κ1) is 13.6. The molecule has 0 spiro atoms. The van der Waals surface area contributed by atoms with Crippen LogP contribution in [0.15, 0.2) is 12.1 Å². The van der Waals surface area contributed by atoms with Gasteiger partial charge in [0.1, 0.15) is 0 Å². The number of nitrogens with zero attached hydrogens (tertiary/aromatic N) is 2. The third kappa shape index (κ3) is 4.12. The van der Waals surface area contributed by atoms with Crippen molar-refractivity contribution in [1.82, 2.24) is 0 Å². The summed E-state index contributed by atoms with van der Waals surface area (Å²) in [6.45, 7) is 0.535. The number of nitrogens with two attached hydrogens (primary N) is 1. The number of nitriles is 2. The minimum Gasteiger partial charge on any atom is -0.490 e. The van der Waals surface area contributed by atoms with Crippen LogP contribution in [-0.4, -0.2) is 6.61 Å². The van der Waals surface area contributed by atoms with E-state index in [0.29, 0.717) is 30.0 Å². The monoisotopic (exact) mass is 341 g/mol. The molecule has 0 fully saturated rings. The predicted molar refractivity (Wildman–Crippen MR) is 73.2 cm³/mol. The third-order valence-corrected chi connectivity index (χ3v) is 2.93. The maximum atomic E-state index is 8.77. The molecule has 0 amide bonds. The van der Waals surface area contributed by atoms with E-state index < -0.39 is 0 Å². The van der Waals surface area contributed by atoms with Gasteiger partial charge in [0.15, 0.2) is 5.75 Å². The molecule has 1 aromatic rings. The van der Waals surface area contributed by atoms with Gasteiger partial charge in [-0.25, -0.2) is 0 Å². The second-order valence-corrected chi connectivity index (χ2v) is 4.61. The maximum Gasteiger partial charge on any atom is 0.155 e. The average Bonchev–Trinajstić information content (AvgIpc) is 2.31. The fraction of sp³-hybridized carbons (Fsp3) is 0.333. The first-order valence-corrected chi connectivity index (χ1v) is 6.25. The lowest BCUT2D eigenvalue weighted by Gasteiger charge is -2.10. The Labute approximate surface area is 114 Å². The number of rotatable bonds is 5. The van der Waals surface area contributed by atoms with Gasteiger partial charge < -0.3 is 10.5 Å². The van der Waals surface area contributed by atoms with Crippen molar-refractivity contribution < 1.29 is 4.74 Å². The van der Waals surface area contributed by atoms with Gasteiger partial charge in [0, 0.05) is 6.42 Å². The van der Waals surface area contributed by atoms with Crippen molar-refractivity contribution >= 4 is 28.3 Å². The Kier molecular flexibility index (Phi) is 5.58. The van der Waals surface area contributed by atoms with E-state index in [9.17, 15) is 0 Å². The molecule has 88 valence electrons. The Balaban J connectivity index is 2.60. The highest BCUT2D eigenvalue weighted by Crippen LogP contribution is 2.29. The van der Waals surface area contributed by atoms with E-state index in [2.05, 4.69) is 28.7 Å². The van der Waals surface area contributed by atoms with E-state index in [1.807, 2.05) is 6.07 Å². The lowest BCUT2D eigenvalue weighted by molar-refractivity contribution is 0.307. The average molecular weight is 341 g/mol. The van der Waals surface area contributed by atoms with Gasteiger partial charge in [-0.05, 0) is 47.6 Å². The molecule has 0 aliphatic carbocycles. The Morgan fingerprint density at radius 2 is 2.06 bits per heavy atom. The van der Waals surface area contributed by atoms with E-state index in [1.165, 1.54) is 0 Å². The minimum absolute atomic E-state index is 0.480. The van der Waals surface area contributed by atoms with Crippen molar-refractivity contribution in [3.05, 3.63) is 21.3 Å². The molecule has 0 saturated heterocycles. The lowest BCUT2D eigenvalue weighted by Crippen LogP contribution is -2.02. The van der Waals surface area contributed by atoms with Crippen LogP contribution in [0.5, 0.6) is 5.75 Å². The molecular weight excluding hydrogens is 329 g/mol. The van der Waals surface area contributed by atoms with Crippen LogP contribution in [0.3, 0.4) is 0 Å². The topological polar surface area (TPSA) is 82.8 Å². The van der Waals surface area contributed by atoms with Crippen molar-refractivity contribution in [2.45, 2.75) is 19.3 Å². The zero-order valence-electron chi connectivity index (χ0n) is 9.24. The summed E-state index contributed by atoms with van der Waals surface area (Å²) in [5.74, 6) is 0.626. The van der Waals surface area contributed by atoms with Crippen molar-refractivity contribution in [3.8, 4) is 17.9 Å². The first-order chi connectivity index (χ1) is 8.19.